The number of rotatable bonds is 2. The first-order chi connectivity index (χ1) is 13.4. The van der Waals surface area contributed by atoms with E-state index in [1.807, 2.05) is 15.2 Å². The first-order valence-corrected chi connectivity index (χ1v) is 9.49. The molecule has 1 saturated heterocycles. The zero-order valence-electron chi connectivity index (χ0n) is 14.9. The number of nitrogens with zero attached hydrogens (tertiary/aromatic N) is 9. The highest BCUT2D eigenvalue weighted by molar-refractivity contribution is 5.56. The smallest absolute Gasteiger partial charge is 0.254 e. The number of hydrogen-bond donors (Lipinski definition) is 0. The molecular formula is C18H19N9. The Morgan fingerprint density at radius 2 is 1.81 bits per heavy atom. The van der Waals surface area contributed by atoms with Crippen molar-refractivity contribution in [3.63, 3.8) is 0 Å². The van der Waals surface area contributed by atoms with E-state index < -0.39 is 0 Å². The second-order valence-corrected chi connectivity index (χ2v) is 7.31. The SMILES string of the molecule is c1cc([C@@H]2CCCN(c3c4c(nc5ncnn35)CCC4)C2)n2ncnc2n1. The van der Waals surface area contributed by atoms with Gasteiger partial charge in [-0.25, -0.2) is 14.5 Å². The van der Waals surface area contributed by atoms with Crippen LogP contribution in [0.25, 0.3) is 11.6 Å². The maximum Gasteiger partial charge on any atom is 0.254 e. The predicted octanol–water partition coefficient (Wildman–Crippen LogP) is 1.43. The van der Waals surface area contributed by atoms with Gasteiger partial charge in [-0.1, -0.05) is 0 Å². The maximum atomic E-state index is 4.71. The lowest BCUT2D eigenvalue weighted by atomic mass is 9.94. The lowest BCUT2D eigenvalue weighted by Gasteiger charge is -2.35. The molecule has 136 valence electrons. The van der Waals surface area contributed by atoms with Crippen molar-refractivity contribution in [3.05, 3.63) is 41.9 Å². The van der Waals surface area contributed by atoms with Gasteiger partial charge in [0.1, 0.15) is 18.5 Å². The van der Waals surface area contributed by atoms with Crippen molar-refractivity contribution in [1.82, 2.24) is 39.2 Å². The summed E-state index contributed by atoms with van der Waals surface area (Å²) < 4.78 is 3.79. The van der Waals surface area contributed by atoms with Gasteiger partial charge in [0, 0.05) is 30.8 Å². The van der Waals surface area contributed by atoms with Gasteiger partial charge in [-0.05, 0) is 38.2 Å². The first-order valence-electron chi connectivity index (χ1n) is 9.49. The Hall–Kier alpha value is -3.10. The monoisotopic (exact) mass is 361 g/mol. The molecule has 4 aromatic rings. The molecule has 0 unspecified atom stereocenters. The molecule has 0 N–H and O–H groups in total. The largest absolute Gasteiger partial charge is 0.355 e. The minimum absolute atomic E-state index is 0.370. The molecule has 1 atom stereocenters. The Balaban J connectivity index is 1.44. The van der Waals surface area contributed by atoms with Crippen LogP contribution in [0.4, 0.5) is 5.82 Å². The Morgan fingerprint density at radius 3 is 2.78 bits per heavy atom. The topological polar surface area (TPSA) is 89.4 Å². The highest BCUT2D eigenvalue weighted by Crippen LogP contribution is 2.35. The summed E-state index contributed by atoms with van der Waals surface area (Å²) in [4.78, 5) is 20.1. The lowest BCUT2D eigenvalue weighted by molar-refractivity contribution is 0.486. The van der Waals surface area contributed by atoms with Crippen molar-refractivity contribution >= 4 is 17.4 Å². The van der Waals surface area contributed by atoms with Gasteiger partial charge in [-0.2, -0.15) is 24.7 Å². The summed E-state index contributed by atoms with van der Waals surface area (Å²) in [6.07, 6.45) is 10.5. The minimum atomic E-state index is 0.370. The molecule has 0 amide bonds. The molecule has 1 aliphatic heterocycles. The fourth-order valence-corrected chi connectivity index (χ4v) is 4.60. The van der Waals surface area contributed by atoms with Crippen LogP contribution >= 0.6 is 0 Å². The highest BCUT2D eigenvalue weighted by Gasteiger charge is 2.30. The van der Waals surface area contributed by atoms with Gasteiger partial charge >= 0.3 is 0 Å². The molecule has 0 aromatic carbocycles. The fourth-order valence-electron chi connectivity index (χ4n) is 4.60. The summed E-state index contributed by atoms with van der Waals surface area (Å²) in [6.45, 7) is 1.94. The van der Waals surface area contributed by atoms with E-state index in [1.54, 1.807) is 12.7 Å². The van der Waals surface area contributed by atoms with E-state index in [9.17, 15) is 0 Å². The number of fused-ring (bicyclic) bond motifs is 3. The molecule has 1 aliphatic carbocycles. The fraction of sp³-hybridized carbons (Fsp3) is 0.444. The number of anilines is 1. The predicted molar refractivity (Wildman–Crippen MR) is 97.8 cm³/mol. The van der Waals surface area contributed by atoms with E-state index in [0.29, 0.717) is 17.5 Å². The molecule has 9 nitrogen and oxygen atoms in total. The van der Waals surface area contributed by atoms with E-state index in [-0.39, 0.29) is 0 Å². The third kappa shape index (κ3) is 2.23. The van der Waals surface area contributed by atoms with E-state index in [0.717, 1.165) is 45.2 Å². The summed E-state index contributed by atoms with van der Waals surface area (Å²) in [5.74, 6) is 2.91. The van der Waals surface area contributed by atoms with Crippen LogP contribution in [0.15, 0.2) is 24.9 Å². The molecule has 0 bridgehead atoms. The summed E-state index contributed by atoms with van der Waals surface area (Å²) in [6, 6.07) is 2.07. The summed E-state index contributed by atoms with van der Waals surface area (Å²) >= 11 is 0. The summed E-state index contributed by atoms with van der Waals surface area (Å²) in [5.41, 5.74) is 3.70. The van der Waals surface area contributed by atoms with Crippen LogP contribution in [0.3, 0.4) is 0 Å². The number of aromatic nitrogens is 8. The van der Waals surface area contributed by atoms with E-state index in [4.69, 9.17) is 4.98 Å². The van der Waals surface area contributed by atoms with Gasteiger partial charge in [0.05, 0.1) is 11.4 Å². The Labute approximate surface area is 155 Å². The normalized spacial score (nSPS) is 19.9. The second-order valence-electron chi connectivity index (χ2n) is 7.31. The summed E-state index contributed by atoms with van der Waals surface area (Å²) in [5, 5.41) is 8.85. The third-order valence-electron chi connectivity index (χ3n) is 5.77. The molecular weight excluding hydrogens is 342 g/mol. The molecule has 2 aliphatic rings. The standard InChI is InChI=1S/C18H19N9/c1-4-13-14(5-1)24-18-21-11-23-27(18)16(13)25-8-2-3-12(9-25)15-6-7-19-17-20-10-22-26(15)17/h6-7,10-12H,1-5,8-9H2/t12-/m1/s1. The highest BCUT2D eigenvalue weighted by atomic mass is 15.4. The molecule has 4 aromatic heterocycles. The molecule has 27 heavy (non-hydrogen) atoms. The van der Waals surface area contributed by atoms with Crippen LogP contribution in [-0.4, -0.2) is 52.3 Å². The molecule has 1 fully saturated rings. The molecule has 0 saturated carbocycles. The molecule has 0 radical (unpaired) electrons. The Bertz CT molecular complexity index is 1140. The average Bonchev–Trinajstić information content (AvgIpc) is 3.45. The third-order valence-corrected chi connectivity index (χ3v) is 5.77. The number of piperidine rings is 1. The van der Waals surface area contributed by atoms with Crippen LogP contribution in [-0.2, 0) is 12.8 Å². The van der Waals surface area contributed by atoms with Gasteiger partial charge in [0.15, 0.2) is 0 Å². The number of aryl methyl sites for hydroxylation is 1. The zero-order chi connectivity index (χ0) is 17.8. The molecule has 9 heteroatoms. The molecule has 0 spiro atoms. The average molecular weight is 361 g/mol. The zero-order valence-corrected chi connectivity index (χ0v) is 14.9. The van der Waals surface area contributed by atoms with Gasteiger partial charge in [0.25, 0.3) is 11.6 Å². The van der Waals surface area contributed by atoms with Gasteiger partial charge in [0.2, 0.25) is 0 Å². The van der Waals surface area contributed by atoms with E-state index in [2.05, 4.69) is 36.1 Å². The minimum Gasteiger partial charge on any atom is -0.355 e. The van der Waals surface area contributed by atoms with Gasteiger partial charge in [-0.15, -0.1) is 0 Å². The van der Waals surface area contributed by atoms with Crippen molar-refractivity contribution in [2.75, 3.05) is 18.0 Å². The van der Waals surface area contributed by atoms with Crippen LogP contribution in [0, 0.1) is 0 Å². The van der Waals surface area contributed by atoms with E-state index >= 15 is 0 Å². The lowest BCUT2D eigenvalue weighted by Crippen LogP contribution is -2.37. The van der Waals surface area contributed by atoms with Crippen molar-refractivity contribution in [2.45, 2.75) is 38.0 Å². The summed E-state index contributed by atoms with van der Waals surface area (Å²) in [7, 11) is 0. The first kappa shape index (κ1) is 15.0. The van der Waals surface area contributed by atoms with Crippen molar-refractivity contribution in [1.29, 1.82) is 0 Å². The maximum absolute atomic E-state index is 4.71. The van der Waals surface area contributed by atoms with Crippen molar-refractivity contribution in [2.24, 2.45) is 0 Å². The molecule has 6 rings (SSSR count). The van der Waals surface area contributed by atoms with E-state index in [1.165, 1.54) is 22.8 Å². The van der Waals surface area contributed by atoms with Gasteiger partial charge < -0.3 is 4.90 Å². The number of hydrogen-bond acceptors (Lipinski definition) is 7. The van der Waals surface area contributed by atoms with Crippen LogP contribution in [0.5, 0.6) is 0 Å². The van der Waals surface area contributed by atoms with Crippen LogP contribution in [0.2, 0.25) is 0 Å². The second kappa shape index (κ2) is 5.70. The van der Waals surface area contributed by atoms with Crippen molar-refractivity contribution in [3.8, 4) is 0 Å². The van der Waals surface area contributed by atoms with Crippen LogP contribution in [0.1, 0.15) is 42.1 Å². The van der Waals surface area contributed by atoms with Crippen LogP contribution < -0.4 is 4.90 Å². The quantitative estimate of drug-likeness (QED) is 0.533. The van der Waals surface area contributed by atoms with Crippen molar-refractivity contribution < 1.29 is 0 Å². The molecule has 5 heterocycles. The Kier molecular flexibility index (Phi) is 3.17. The van der Waals surface area contributed by atoms with Gasteiger partial charge in [-0.3, -0.25) is 0 Å². The Morgan fingerprint density at radius 1 is 0.926 bits per heavy atom.